The number of halogens is 1. The molecular weight excluding hydrogens is 541 g/mol. The van der Waals surface area contributed by atoms with E-state index in [0.717, 1.165) is 29.8 Å². The first-order valence-corrected chi connectivity index (χ1v) is 13.7. The highest BCUT2D eigenvalue weighted by Gasteiger charge is 2.30. The van der Waals surface area contributed by atoms with Crippen LogP contribution in [0.1, 0.15) is 35.1 Å². The van der Waals surface area contributed by atoms with E-state index < -0.39 is 11.7 Å². The van der Waals surface area contributed by atoms with Gasteiger partial charge in [0.05, 0.1) is 52.4 Å². The number of H-pyrrole nitrogens is 1. The minimum atomic E-state index is -0.449. The number of carbonyl (C=O) groups excluding carboxylic acids is 1. The second-order valence-corrected chi connectivity index (χ2v) is 10.6. The molecule has 0 saturated carbocycles. The number of pyridine rings is 2. The van der Waals surface area contributed by atoms with Gasteiger partial charge < -0.3 is 25.3 Å². The zero-order valence-electron chi connectivity index (χ0n) is 23.0. The Balaban J connectivity index is 1.31. The van der Waals surface area contributed by atoms with Gasteiger partial charge in [-0.25, -0.2) is 9.37 Å². The number of amides is 1. The van der Waals surface area contributed by atoms with Gasteiger partial charge in [0.25, 0.3) is 11.5 Å². The van der Waals surface area contributed by atoms with E-state index in [2.05, 4.69) is 30.4 Å². The van der Waals surface area contributed by atoms with Crippen molar-refractivity contribution < 1.29 is 13.9 Å². The molecule has 0 radical (unpaired) electrons. The molecule has 4 aromatic heterocycles. The summed E-state index contributed by atoms with van der Waals surface area (Å²) in [5.74, 6) is -0.674. The Hall–Kier alpha value is -5.04. The van der Waals surface area contributed by atoms with Crippen molar-refractivity contribution in [1.82, 2.24) is 29.5 Å². The smallest absolute Gasteiger partial charge is 0.277 e. The number of aromatic amines is 1. The highest BCUT2D eigenvalue weighted by molar-refractivity contribution is 6.04. The first-order chi connectivity index (χ1) is 20.4. The van der Waals surface area contributed by atoms with Crippen LogP contribution < -0.4 is 21.1 Å². The monoisotopic (exact) mass is 569 g/mol. The van der Waals surface area contributed by atoms with Gasteiger partial charge in [0, 0.05) is 56.9 Å². The van der Waals surface area contributed by atoms with Gasteiger partial charge in [-0.15, -0.1) is 0 Å². The highest BCUT2D eigenvalue weighted by atomic mass is 19.1. The molecule has 1 aromatic carbocycles. The third-order valence-electron chi connectivity index (χ3n) is 7.76. The predicted molar refractivity (Wildman–Crippen MR) is 156 cm³/mol. The lowest BCUT2D eigenvalue weighted by atomic mass is 9.97. The molecule has 2 aliphatic rings. The fourth-order valence-corrected chi connectivity index (χ4v) is 5.85. The number of rotatable bonds is 5. The normalized spacial score (nSPS) is 15.0. The number of nitrogens with one attached hydrogen (secondary N) is 3. The number of anilines is 4. The fraction of sp³-hybridized carbons (Fsp3) is 0.276. The Kier molecular flexibility index (Phi) is 6.23. The topological polar surface area (TPSA) is 135 Å². The third-order valence-corrected chi connectivity index (χ3v) is 7.76. The van der Waals surface area contributed by atoms with Crippen molar-refractivity contribution in [3.63, 3.8) is 0 Å². The molecule has 7 rings (SSSR count). The van der Waals surface area contributed by atoms with Gasteiger partial charge in [-0.3, -0.25) is 19.0 Å². The number of ether oxygens (including phenoxy) is 1. The second kappa shape index (κ2) is 10.1. The van der Waals surface area contributed by atoms with Gasteiger partial charge in [0.15, 0.2) is 5.69 Å². The Labute approximate surface area is 239 Å². The number of carbonyl (C=O) groups is 1. The van der Waals surface area contributed by atoms with Crippen molar-refractivity contribution in [3.8, 4) is 11.1 Å². The Morgan fingerprint density at radius 3 is 2.74 bits per heavy atom. The molecular formula is C29H28FN9O3. The van der Waals surface area contributed by atoms with Crippen LogP contribution in [0.15, 0.2) is 53.7 Å². The summed E-state index contributed by atoms with van der Waals surface area (Å²) >= 11 is 0. The molecule has 42 heavy (non-hydrogen) atoms. The molecule has 12 nitrogen and oxygen atoms in total. The molecule has 0 spiro atoms. The van der Waals surface area contributed by atoms with Gasteiger partial charge in [0.2, 0.25) is 0 Å². The lowest BCUT2D eigenvalue weighted by Gasteiger charge is -2.32. The molecule has 13 heteroatoms. The van der Waals surface area contributed by atoms with Crippen LogP contribution >= 0.6 is 0 Å². The van der Waals surface area contributed by atoms with E-state index in [1.807, 2.05) is 11.9 Å². The molecule has 1 fully saturated rings. The lowest BCUT2D eigenvalue weighted by Crippen LogP contribution is -2.28. The summed E-state index contributed by atoms with van der Waals surface area (Å²) in [7, 11) is 3.66. The second-order valence-electron chi connectivity index (χ2n) is 10.6. The van der Waals surface area contributed by atoms with Gasteiger partial charge in [0.1, 0.15) is 11.6 Å². The summed E-state index contributed by atoms with van der Waals surface area (Å²) in [6.07, 6.45) is 6.71. The summed E-state index contributed by atoms with van der Waals surface area (Å²) in [6, 6.07) is 7.95. The third kappa shape index (κ3) is 4.47. The first-order valence-electron chi connectivity index (χ1n) is 13.7. The predicted octanol–water partition coefficient (Wildman–Crippen LogP) is 3.96. The molecule has 0 bridgehead atoms. The van der Waals surface area contributed by atoms with Crippen molar-refractivity contribution in [3.05, 3.63) is 76.5 Å². The van der Waals surface area contributed by atoms with Gasteiger partial charge >= 0.3 is 0 Å². The van der Waals surface area contributed by atoms with E-state index in [4.69, 9.17) is 9.84 Å². The van der Waals surface area contributed by atoms with E-state index in [1.54, 1.807) is 37.6 Å². The quantitative estimate of drug-likeness (QED) is 0.290. The van der Waals surface area contributed by atoms with Crippen LogP contribution in [0.2, 0.25) is 0 Å². The first kappa shape index (κ1) is 25.9. The van der Waals surface area contributed by atoms with E-state index in [1.165, 1.54) is 23.0 Å². The Bertz CT molecular complexity index is 1900. The molecule has 1 saturated heterocycles. The zero-order valence-corrected chi connectivity index (χ0v) is 23.0. The molecule has 0 atom stereocenters. The maximum absolute atomic E-state index is 15.2. The van der Waals surface area contributed by atoms with Crippen LogP contribution in [0.4, 0.5) is 27.3 Å². The maximum atomic E-state index is 15.2. The summed E-state index contributed by atoms with van der Waals surface area (Å²) in [4.78, 5) is 35.0. The van der Waals surface area contributed by atoms with Crippen molar-refractivity contribution in [1.29, 1.82) is 0 Å². The summed E-state index contributed by atoms with van der Waals surface area (Å²) < 4.78 is 24.3. The van der Waals surface area contributed by atoms with E-state index in [-0.39, 0.29) is 28.5 Å². The minimum absolute atomic E-state index is 0.213. The molecule has 0 aliphatic carbocycles. The lowest BCUT2D eigenvalue weighted by molar-refractivity contribution is 0.0654. The Morgan fingerprint density at radius 2 is 1.95 bits per heavy atom. The number of aryl methyl sites for hydroxylation is 1. The molecule has 1 amide bonds. The van der Waals surface area contributed by atoms with Crippen LogP contribution in [-0.4, -0.2) is 55.7 Å². The van der Waals surface area contributed by atoms with E-state index in [0.29, 0.717) is 42.2 Å². The van der Waals surface area contributed by atoms with Crippen LogP contribution in [0.25, 0.3) is 22.0 Å². The van der Waals surface area contributed by atoms with Crippen molar-refractivity contribution in [2.75, 3.05) is 35.8 Å². The van der Waals surface area contributed by atoms with Gasteiger partial charge in [-0.2, -0.15) is 10.2 Å². The zero-order chi connectivity index (χ0) is 29.0. The fourth-order valence-electron chi connectivity index (χ4n) is 5.85. The maximum Gasteiger partial charge on any atom is 0.277 e. The van der Waals surface area contributed by atoms with Crippen molar-refractivity contribution in [2.24, 2.45) is 7.05 Å². The van der Waals surface area contributed by atoms with Crippen molar-refractivity contribution >= 4 is 39.7 Å². The molecule has 214 valence electrons. The summed E-state index contributed by atoms with van der Waals surface area (Å²) in [5.41, 5.74) is 4.41. The largest absolute Gasteiger partial charge is 0.381 e. The summed E-state index contributed by atoms with van der Waals surface area (Å²) in [5, 5.41) is 15.2. The van der Waals surface area contributed by atoms with Crippen LogP contribution in [0, 0.1) is 5.82 Å². The molecule has 5 aromatic rings. The average Bonchev–Trinajstić information content (AvgIpc) is 3.60. The average molecular weight is 570 g/mol. The SMILES string of the molecule is CN1Cc2c(cnn2C2CCOCC2)-c2cc(F)cc(Nc3cc(NC(=O)c4ccn(C)n4)nc4cc[nH]c(=O)c34)c21. The standard InChI is InChI=1S/C29H28FN9O3/c1-37-15-24-19(14-32-39(24)17-5-9-42-10-6-17)18-11-16(30)12-23(27(18)37)33-22-13-25(34-20-3-7-31-29(41)26(20)22)35-28(40)21-4-8-38(2)36-21/h3-4,7-8,11-14,17H,5-6,9-10,15H2,1-2H3,(H,31,41)(H2,33,34,35,40). The number of nitrogens with zero attached hydrogens (tertiary/aromatic N) is 6. The summed E-state index contributed by atoms with van der Waals surface area (Å²) in [6.45, 7) is 1.96. The van der Waals surface area contributed by atoms with Gasteiger partial charge in [-0.1, -0.05) is 0 Å². The van der Waals surface area contributed by atoms with E-state index in [9.17, 15) is 9.59 Å². The number of fused-ring (bicyclic) bond motifs is 4. The molecule has 0 unspecified atom stereocenters. The number of benzene rings is 1. The van der Waals surface area contributed by atoms with E-state index >= 15 is 4.39 Å². The Morgan fingerprint density at radius 1 is 1.12 bits per heavy atom. The number of hydrogen-bond donors (Lipinski definition) is 3. The molecule has 6 heterocycles. The van der Waals surface area contributed by atoms with Crippen molar-refractivity contribution in [2.45, 2.75) is 25.4 Å². The van der Waals surface area contributed by atoms with Crippen LogP contribution in [-0.2, 0) is 18.3 Å². The van der Waals surface area contributed by atoms with Crippen LogP contribution in [0.3, 0.4) is 0 Å². The minimum Gasteiger partial charge on any atom is -0.381 e. The molecule has 3 N–H and O–H groups in total. The van der Waals surface area contributed by atoms with Gasteiger partial charge in [-0.05, 0) is 37.1 Å². The van der Waals surface area contributed by atoms with Crippen LogP contribution in [0.5, 0.6) is 0 Å². The molecule has 2 aliphatic heterocycles. The highest BCUT2D eigenvalue weighted by Crippen LogP contribution is 2.45. The number of aromatic nitrogens is 6. The number of hydrogen-bond acceptors (Lipinski definition) is 8.